The molecule has 1 aliphatic heterocycles. The maximum Gasteiger partial charge on any atom is 0.273 e. The molecule has 2 heterocycles. The van der Waals surface area contributed by atoms with Crippen LogP contribution in [0.15, 0.2) is 30.7 Å². The van der Waals surface area contributed by atoms with Crippen molar-refractivity contribution >= 4 is 11.4 Å². The van der Waals surface area contributed by atoms with Gasteiger partial charge in [0.05, 0.1) is 22.6 Å². The number of hydrogen-bond donors (Lipinski definition) is 0. The zero-order chi connectivity index (χ0) is 16.4. The molecule has 122 valence electrons. The molecule has 1 aliphatic rings. The van der Waals surface area contributed by atoms with Gasteiger partial charge >= 0.3 is 0 Å². The number of imidazole rings is 1. The molecule has 1 aromatic heterocycles. The second-order valence-corrected chi connectivity index (χ2v) is 5.81. The Balaban J connectivity index is 1.93. The average molecular weight is 315 g/mol. The Bertz CT molecular complexity index is 704. The number of nitro benzene ring substituents is 1. The SMILES string of the molecule is CCN1CCN(c2cc(-n3cnc(C)c3)cc([N+](=O)[O-])c2)CC1. The van der Waals surface area contributed by atoms with Gasteiger partial charge in [-0.25, -0.2) is 4.98 Å². The van der Waals surface area contributed by atoms with E-state index in [4.69, 9.17) is 0 Å². The summed E-state index contributed by atoms with van der Waals surface area (Å²) in [6, 6.07) is 5.25. The lowest BCUT2D eigenvalue weighted by atomic mass is 10.2. The first-order chi connectivity index (χ1) is 11.1. The molecule has 0 amide bonds. The number of hydrogen-bond acceptors (Lipinski definition) is 5. The van der Waals surface area contributed by atoms with Gasteiger partial charge in [-0.05, 0) is 19.5 Å². The highest BCUT2D eigenvalue weighted by molar-refractivity contribution is 5.60. The van der Waals surface area contributed by atoms with Crippen molar-refractivity contribution < 1.29 is 4.92 Å². The van der Waals surface area contributed by atoms with Crippen LogP contribution in [0.1, 0.15) is 12.6 Å². The highest BCUT2D eigenvalue weighted by Crippen LogP contribution is 2.27. The first kappa shape index (κ1) is 15.5. The Morgan fingerprint density at radius 3 is 2.43 bits per heavy atom. The van der Waals surface area contributed by atoms with E-state index in [9.17, 15) is 10.1 Å². The Morgan fingerprint density at radius 2 is 1.87 bits per heavy atom. The van der Waals surface area contributed by atoms with Crippen molar-refractivity contribution in [3.63, 3.8) is 0 Å². The van der Waals surface area contributed by atoms with Crippen molar-refractivity contribution in [2.75, 3.05) is 37.6 Å². The van der Waals surface area contributed by atoms with E-state index in [1.165, 1.54) is 0 Å². The number of benzene rings is 1. The zero-order valence-corrected chi connectivity index (χ0v) is 13.5. The highest BCUT2D eigenvalue weighted by Gasteiger charge is 2.19. The van der Waals surface area contributed by atoms with Crippen molar-refractivity contribution in [1.82, 2.24) is 14.5 Å². The molecule has 0 spiro atoms. The normalized spacial score (nSPS) is 15.8. The predicted octanol–water partition coefficient (Wildman–Crippen LogP) is 2.23. The number of anilines is 1. The first-order valence-electron chi connectivity index (χ1n) is 7.84. The molecular weight excluding hydrogens is 294 g/mol. The van der Waals surface area contributed by atoms with E-state index in [0.717, 1.165) is 49.8 Å². The van der Waals surface area contributed by atoms with Crippen molar-refractivity contribution in [3.8, 4) is 5.69 Å². The second-order valence-electron chi connectivity index (χ2n) is 5.81. The van der Waals surface area contributed by atoms with E-state index in [-0.39, 0.29) is 10.6 Å². The van der Waals surface area contributed by atoms with Crippen molar-refractivity contribution in [2.45, 2.75) is 13.8 Å². The summed E-state index contributed by atoms with van der Waals surface area (Å²) in [6.45, 7) is 8.84. The number of aryl methyl sites for hydroxylation is 1. The molecule has 3 rings (SSSR count). The minimum Gasteiger partial charge on any atom is -0.369 e. The van der Waals surface area contributed by atoms with Crippen LogP contribution in [0.25, 0.3) is 5.69 Å². The van der Waals surface area contributed by atoms with Crippen LogP contribution in [0.5, 0.6) is 0 Å². The molecule has 0 N–H and O–H groups in total. The smallest absolute Gasteiger partial charge is 0.273 e. The fraction of sp³-hybridized carbons (Fsp3) is 0.438. The van der Waals surface area contributed by atoms with Gasteiger partial charge in [0.25, 0.3) is 5.69 Å². The third-order valence-corrected chi connectivity index (χ3v) is 4.29. The Morgan fingerprint density at radius 1 is 1.17 bits per heavy atom. The molecule has 7 nitrogen and oxygen atoms in total. The summed E-state index contributed by atoms with van der Waals surface area (Å²) in [6.07, 6.45) is 3.56. The summed E-state index contributed by atoms with van der Waals surface area (Å²) >= 11 is 0. The molecule has 1 aromatic carbocycles. The maximum absolute atomic E-state index is 11.3. The number of rotatable bonds is 4. The third-order valence-electron chi connectivity index (χ3n) is 4.29. The lowest BCUT2D eigenvalue weighted by molar-refractivity contribution is -0.384. The Hall–Kier alpha value is -2.41. The molecular formula is C16H21N5O2. The van der Waals surface area contributed by atoms with Crippen molar-refractivity contribution in [1.29, 1.82) is 0 Å². The number of nitro groups is 1. The van der Waals surface area contributed by atoms with Gasteiger partial charge < -0.3 is 14.4 Å². The van der Waals surface area contributed by atoms with E-state index in [0.29, 0.717) is 0 Å². The molecule has 0 aliphatic carbocycles. The number of nitrogens with zero attached hydrogens (tertiary/aromatic N) is 5. The van der Waals surface area contributed by atoms with Crippen LogP contribution in [0.2, 0.25) is 0 Å². The highest BCUT2D eigenvalue weighted by atomic mass is 16.6. The fourth-order valence-electron chi connectivity index (χ4n) is 2.90. The van der Waals surface area contributed by atoms with Crippen LogP contribution in [-0.2, 0) is 0 Å². The molecule has 0 saturated carbocycles. The van der Waals surface area contributed by atoms with Crippen LogP contribution < -0.4 is 4.90 Å². The van der Waals surface area contributed by atoms with Gasteiger partial charge in [-0.1, -0.05) is 6.92 Å². The third kappa shape index (κ3) is 3.34. The number of aromatic nitrogens is 2. The van der Waals surface area contributed by atoms with Crippen LogP contribution in [0, 0.1) is 17.0 Å². The lowest BCUT2D eigenvalue weighted by Gasteiger charge is -2.35. The Kier molecular flexibility index (Phi) is 4.29. The van der Waals surface area contributed by atoms with E-state index in [1.54, 1.807) is 18.5 Å². The van der Waals surface area contributed by atoms with Gasteiger partial charge in [-0.3, -0.25) is 10.1 Å². The van der Waals surface area contributed by atoms with E-state index in [2.05, 4.69) is 21.7 Å². The maximum atomic E-state index is 11.3. The topological polar surface area (TPSA) is 67.4 Å². The average Bonchev–Trinajstić information content (AvgIpc) is 3.01. The predicted molar refractivity (Wildman–Crippen MR) is 89.3 cm³/mol. The van der Waals surface area contributed by atoms with E-state index < -0.39 is 0 Å². The summed E-state index contributed by atoms with van der Waals surface area (Å²) in [5.41, 5.74) is 2.67. The largest absolute Gasteiger partial charge is 0.369 e. The lowest BCUT2D eigenvalue weighted by Crippen LogP contribution is -2.46. The van der Waals surface area contributed by atoms with Crippen LogP contribution >= 0.6 is 0 Å². The molecule has 1 fully saturated rings. The van der Waals surface area contributed by atoms with Gasteiger partial charge in [0.2, 0.25) is 0 Å². The standard InChI is InChI=1S/C16H21N5O2/c1-3-18-4-6-19(7-5-18)14-8-15(10-16(9-14)21(22)23)20-11-13(2)17-12-20/h8-12H,3-7H2,1-2H3. The minimum atomic E-state index is -0.334. The molecule has 1 saturated heterocycles. The summed E-state index contributed by atoms with van der Waals surface area (Å²) in [4.78, 5) is 19.7. The van der Waals surface area contributed by atoms with Crippen molar-refractivity contribution in [3.05, 3.63) is 46.5 Å². The number of non-ortho nitro benzene ring substituents is 1. The van der Waals surface area contributed by atoms with Gasteiger partial charge in [0.15, 0.2) is 0 Å². The summed E-state index contributed by atoms with van der Waals surface area (Å²) in [7, 11) is 0. The first-order valence-corrected chi connectivity index (χ1v) is 7.84. The van der Waals surface area contributed by atoms with Crippen molar-refractivity contribution in [2.24, 2.45) is 0 Å². The quantitative estimate of drug-likeness (QED) is 0.639. The molecule has 7 heteroatoms. The molecule has 0 bridgehead atoms. The monoisotopic (exact) mass is 315 g/mol. The molecule has 2 aromatic rings. The van der Waals surface area contributed by atoms with Gasteiger partial charge in [0.1, 0.15) is 0 Å². The van der Waals surface area contributed by atoms with E-state index >= 15 is 0 Å². The number of likely N-dealkylation sites (N-methyl/N-ethyl adjacent to an activating group) is 1. The minimum absolute atomic E-state index is 0.113. The summed E-state index contributed by atoms with van der Waals surface area (Å²) in [5.74, 6) is 0. The van der Waals surface area contributed by atoms with Crippen LogP contribution in [-0.4, -0.2) is 52.1 Å². The van der Waals surface area contributed by atoms with E-state index in [1.807, 2.05) is 23.8 Å². The Labute approximate surface area is 135 Å². The molecule has 0 radical (unpaired) electrons. The molecule has 23 heavy (non-hydrogen) atoms. The van der Waals surface area contributed by atoms with Crippen LogP contribution in [0.3, 0.4) is 0 Å². The van der Waals surface area contributed by atoms with Gasteiger partial charge in [-0.15, -0.1) is 0 Å². The van der Waals surface area contributed by atoms with Gasteiger partial charge in [0, 0.05) is 50.2 Å². The van der Waals surface area contributed by atoms with Crippen LogP contribution in [0.4, 0.5) is 11.4 Å². The molecule has 0 atom stereocenters. The fourth-order valence-corrected chi connectivity index (χ4v) is 2.90. The van der Waals surface area contributed by atoms with Gasteiger partial charge in [-0.2, -0.15) is 0 Å². The zero-order valence-electron chi connectivity index (χ0n) is 13.5. The number of piperazine rings is 1. The second kappa shape index (κ2) is 6.37. The molecule has 0 unspecified atom stereocenters. The summed E-state index contributed by atoms with van der Waals surface area (Å²) in [5, 5.41) is 11.3. The summed E-state index contributed by atoms with van der Waals surface area (Å²) < 4.78 is 1.83.